The Morgan fingerprint density at radius 1 is 1.02 bits per heavy atom. The Bertz CT molecular complexity index is 1650. The fraction of sp³-hybridized carbons (Fsp3) is 0.200. The third-order valence-electron chi connectivity index (χ3n) is 6.32. The van der Waals surface area contributed by atoms with Crippen LogP contribution in [0.5, 0.6) is 17.2 Å². The van der Waals surface area contributed by atoms with Crippen LogP contribution >= 0.6 is 39.1 Å². The van der Waals surface area contributed by atoms with Crippen molar-refractivity contribution >= 4 is 63.3 Å². The predicted molar refractivity (Wildman–Crippen MR) is 168 cm³/mol. The zero-order valence-corrected chi connectivity index (χ0v) is 26.8. The van der Waals surface area contributed by atoms with Gasteiger partial charge in [0.25, 0.3) is 5.91 Å². The van der Waals surface area contributed by atoms with E-state index < -0.39 is 23.9 Å². The van der Waals surface area contributed by atoms with Gasteiger partial charge in [-0.05, 0) is 55.0 Å². The highest BCUT2D eigenvalue weighted by atomic mass is 79.9. The number of rotatable bonds is 11. The van der Waals surface area contributed by atoms with Crippen LogP contribution in [0.15, 0.2) is 75.4 Å². The van der Waals surface area contributed by atoms with Gasteiger partial charge in [-0.3, -0.25) is 4.79 Å². The lowest BCUT2D eigenvalue weighted by atomic mass is 9.95. The molecule has 0 bridgehead atoms. The lowest BCUT2D eigenvalue weighted by molar-refractivity contribution is -0.136. The van der Waals surface area contributed by atoms with Crippen LogP contribution in [0.2, 0.25) is 10.0 Å². The summed E-state index contributed by atoms with van der Waals surface area (Å²) in [5, 5.41) is 10.3. The van der Waals surface area contributed by atoms with Gasteiger partial charge in [-0.25, -0.2) is 15.0 Å². The van der Waals surface area contributed by atoms with Crippen molar-refractivity contribution in [3.8, 4) is 17.2 Å². The number of nitrogens with one attached hydrogen (secondary N) is 3. The number of amides is 3. The van der Waals surface area contributed by atoms with Gasteiger partial charge in [0, 0.05) is 31.3 Å². The normalized spacial score (nSPS) is 14.5. The van der Waals surface area contributed by atoms with Crippen LogP contribution in [-0.4, -0.2) is 44.9 Å². The highest BCUT2D eigenvalue weighted by Gasteiger charge is 2.32. The van der Waals surface area contributed by atoms with Gasteiger partial charge in [-0.15, -0.1) is 0 Å². The first-order chi connectivity index (χ1) is 21.1. The number of hydrogen-bond acceptors (Lipinski definition) is 8. The van der Waals surface area contributed by atoms with E-state index >= 15 is 0 Å². The molecule has 0 spiro atoms. The van der Waals surface area contributed by atoms with Gasteiger partial charge in [0.05, 0.1) is 32.0 Å². The number of carbonyl (C=O) groups excluding carboxylic acids is 3. The second-order valence-electron chi connectivity index (χ2n) is 9.26. The monoisotopic (exact) mass is 704 g/mol. The van der Waals surface area contributed by atoms with Crippen LogP contribution in [0.3, 0.4) is 0 Å². The molecule has 1 aliphatic rings. The molecule has 4 rings (SSSR count). The third-order valence-corrected chi connectivity index (χ3v) is 7.40. The second kappa shape index (κ2) is 15.0. The van der Waals surface area contributed by atoms with Crippen molar-refractivity contribution in [3.05, 3.63) is 97.1 Å². The Kier molecular flexibility index (Phi) is 11.1. The summed E-state index contributed by atoms with van der Waals surface area (Å²) in [6, 6.07) is 14.1. The van der Waals surface area contributed by atoms with Crippen molar-refractivity contribution in [2.75, 3.05) is 20.8 Å². The number of benzene rings is 3. The maximum Gasteiger partial charge on any atom is 0.337 e. The van der Waals surface area contributed by atoms with Crippen molar-refractivity contribution in [1.82, 2.24) is 16.1 Å². The smallest absolute Gasteiger partial charge is 0.337 e. The molecule has 3 amide bonds. The molecule has 1 aliphatic heterocycles. The fourth-order valence-corrected chi connectivity index (χ4v) is 5.04. The number of nitrogens with zero attached hydrogens (tertiary/aromatic N) is 1. The number of hydrogen-bond donors (Lipinski definition) is 3. The molecule has 0 saturated carbocycles. The molecule has 44 heavy (non-hydrogen) atoms. The Balaban J connectivity index is 1.39. The quantitative estimate of drug-likeness (QED) is 0.133. The maximum absolute atomic E-state index is 12.5. The molecule has 0 fully saturated rings. The van der Waals surface area contributed by atoms with Gasteiger partial charge in [-0.1, -0.05) is 51.3 Å². The van der Waals surface area contributed by atoms with E-state index in [9.17, 15) is 14.4 Å². The first-order valence-corrected chi connectivity index (χ1v) is 14.5. The zero-order chi connectivity index (χ0) is 31.8. The van der Waals surface area contributed by atoms with Gasteiger partial charge >= 0.3 is 12.0 Å². The van der Waals surface area contributed by atoms with Crippen LogP contribution in [0, 0.1) is 0 Å². The average Bonchev–Trinajstić information content (AvgIpc) is 2.99. The largest absolute Gasteiger partial charge is 0.493 e. The molecule has 0 unspecified atom stereocenters. The first-order valence-electron chi connectivity index (χ1n) is 12.9. The maximum atomic E-state index is 12.5. The Morgan fingerprint density at radius 2 is 1.80 bits per heavy atom. The van der Waals surface area contributed by atoms with Gasteiger partial charge < -0.3 is 29.6 Å². The minimum absolute atomic E-state index is 0.198. The summed E-state index contributed by atoms with van der Waals surface area (Å²) in [6.07, 6.45) is 1.44. The van der Waals surface area contributed by atoms with E-state index in [1.54, 1.807) is 55.5 Å². The summed E-state index contributed by atoms with van der Waals surface area (Å²) < 4.78 is 22.7. The Labute approximate surface area is 271 Å². The van der Waals surface area contributed by atoms with Gasteiger partial charge in [0.15, 0.2) is 18.1 Å². The summed E-state index contributed by atoms with van der Waals surface area (Å²) in [5.41, 5.74) is 4.93. The summed E-state index contributed by atoms with van der Waals surface area (Å²) in [5.74, 6) is -0.0627. The summed E-state index contributed by atoms with van der Waals surface area (Å²) in [6.45, 7) is 1.43. The number of esters is 1. The number of halogens is 3. The van der Waals surface area contributed by atoms with Crippen molar-refractivity contribution in [3.63, 3.8) is 0 Å². The molecule has 1 atom stereocenters. The number of allylic oxidation sites excluding steroid dienone is 1. The molecular formula is C30H27BrCl2N4O7. The highest BCUT2D eigenvalue weighted by Crippen LogP contribution is 2.34. The van der Waals surface area contributed by atoms with E-state index in [1.165, 1.54) is 20.4 Å². The van der Waals surface area contributed by atoms with Crippen LogP contribution < -0.4 is 30.3 Å². The lowest BCUT2D eigenvalue weighted by Gasteiger charge is -2.28. The van der Waals surface area contributed by atoms with Crippen LogP contribution in [0.4, 0.5) is 4.79 Å². The van der Waals surface area contributed by atoms with E-state index in [2.05, 4.69) is 37.1 Å². The molecule has 11 nitrogen and oxygen atoms in total. The number of hydrazone groups is 1. The summed E-state index contributed by atoms with van der Waals surface area (Å²) in [4.78, 5) is 37.0. The molecule has 0 aliphatic carbocycles. The van der Waals surface area contributed by atoms with E-state index in [-0.39, 0.29) is 30.3 Å². The van der Waals surface area contributed by atoms with Gasteiger partial charge in [0.1, 0.15) is 12.4 Å². The van der Waals surface area contributed by atoms with E-state index in [4.69, 9.17) is 42.1 Å². The van der Waals surface area contributed by atoms with Crippen LogP contribution in [-0.2, 0) is 20.9 Å². The molecule has 0 saturated heterocycles. The van der Waals surface area contributed by atoms with Crippen molar-refractivity contribution in [2.45, 2.75) is 19.6 Å². The van der Waals surface area contributed by atoms with Crippen LogP contribution in [0.25, 0.3) is 0 Å². The molecule has 1 heterocycles. The van der Waals surface area contributed by atoms with Gasteiger partial charge in [0.2, 0.25) is 0 Å². The zero-order valence-electron chi connectivity index (χ0n) is 23.7. The number of ether oxygens (including phenoxy) is 4. The molecule has 3 N–H and O–H groups in total. The van der Waals surface area contributed by atoms with Crippen molar-refractivity contribution in [1.29, 1.82) is 0 Å². The third kappa shape index (κ3) is 8.22. The van der Waals surface area contributed by atoms with E-state index in [0.29, 0.717) is 32.6 Å². The number of urea groups is 1. The molecular weight excluding hydrogens is 679 g/mol. The van der Waals surface area contributed by atoms with Crippen molar-refractivity contribution < 1.29 is 33.3 Å². The van der Waals surface area contributed by atoms with E-state index in [0.717, 1.165) is 10.0 Å². The summed E-state index contributed by atoms with van der Waals surface area (Å²) >= 11 is 15.6. The van der Waals surface area contributed by atoms with E-state index in [1.807, 2.05) is 6.07 Å². The standard InChI is InChI=1S/C30H27BrCl2N4O7/c1-16-27(29(39)42-3)28(36-30(40)35-16)17-5-8-24(25(11-17)41-2)44-15-26(38)37-34-13-19-10-20(31)6-9-23(19)43-14-18-4-7-21(32)12-22(18)33/h4-13,28H,14-15H2,1-3H3,(H,37,38)(H2,35,36,40)/b34-13-/t28-/m0/s1. The second-order valence-corrected chi connectivity index (χ2v) is 11.0. The molecule has 230 valence electrons. The fourth-order valence-electron chi connectivity index (χ4n) is 4.20. The molecule has 0 radical (unpaired) electrons. The Hall–Kier alpha value is -4.26. The Morgan fingerprint density at radius 3 is 2.52 bits per heavy atom. The minimum Gasteiger partial charge on any atom is -0.493 e. The number of carbonyl (C=O) groups is 3. The van der Waals surface area contributed by atoms with Crippen molar-refractivity contribution in [2.24, 2.45) is 5.10 Å². The highest BCUT2D eigenvalue weighted by molar-refractivity contribution is 9.10. The van der Waals surface area contributed by atoms with Crippen LogP contribution in [0.1, 0.15) is 29.7 Å². The molecule has 14 heteroatoms. The van der Waals surface area contributed by atoms with Gasteiger partial charge in [-0.2, -0.15) is 5.10 Å². The minimum atomic E-state index is -0.785. The average molecular weight is 706 g/mol. The topological polar surface area (TPSA) is 137 Å². The molecule has 3 aromatic carbocycles. The molecule has 3 aromatic rings. The first kappa shape index (κ1) is 32.6. The predicted octanol–water partition coefficient (Wildman–Crippen LogP) is 5.67. The summed E-state index contributed by atoms with van der Waals surface area (Å²) in [7, 11) is 2.69. The SMILES string of the molecule is COC(=O)C1=C(C)NC(=O)N[C@H]1c1ccc(OCC(=O)N/N=C\c2cc(Br)ccc2OCc2ccc(Cl)cc2Cl)c(OC)c1. The lowest BCUT2D eigenvalue weighted by Crippen LogP contribution is -2.45. The number of methoxy groups -OCH3 is 2. The molecule has 0 aromatic heterocycles.